The first-order valence-corrected chi connectivity index (χ1v) is 23.1. The third kappa shape index (κ3) is 4.90. The first-order valence-electron chi connectivity index (χ1n) is 17.1. The quantitative estimate of drug-likeness (QED) is 0.168. The van der Waals surface area contributed by atoms with Gasteiger partial charge in [-0.15, -0.1) is 0 Å². The van der Waals surface area contributed by atoms with E-state index in [0.29, 0.717) is 0 Å². The smallest absolute Gasteiger partial charge is 0.0751 e. The Labute approximate surface area is 298 Å². The van der Waals surface area contributed by atoms with Gasteiger partial charge in [0, 0.05) is 40.3 Å². The molecule has 0 N–H and O–H groups in total. The van der Waals surface area contributed by atoms with Gasteiger partial charge in [-0.2, -0.15) is 0 Å². The van der Waals surface area contributed by atoms with Crippen molar-refractivity contribution in [1.29, 1.82) is 0 Å². The molecular weight excluding hydrogens is 659 g/mol. The summed E-state index contributed by atoms with van der Waals surface area (Å²) in [5, 5.41) is 5.18. The highest BCUT2D eigenvalue weighted by molar-refractivity contribution is 8.22. The van der Waals surface area contributed by atoms with E-state index >= 15 is 0 Å². The summed E-state index contributed by atoms with van der Waals surface area (Å²) < 4.78 is 2.58. The molecule has 5 aromatic rings. The van der Waals surface area contributed by atoms with Crippen LogP contribution in [-0.4, -0.2) is 24.4 Å². The number of fused-ring (bicyclic) bond motifs is 4. The second-order valence-corrected chi connectivity index (χ2v) is 23.4. The van der Waals surface area contributed by atoms with Crippen molar-refractivity contribution in [3.8, 4) is 22.3 Å². The lowest BCUT2D eigenvalue weighted by molar-refractivity contribution is 0.513. The highest BCUT2D eigenvalue weighted by Crippen LogP contribution is 2.62. The Morgan fingerprint density at radius 2 is 0.958 bits per heavy atom. The average Bonchev–Trinajstić information content (AvgIpc) is 3.01. The maximum Gasteiger partial charge on any atom is 0.0751 e. The van der Waals surface area contributed by atoms with E-state index in [4.69, 9.17) is 23.6 Å². The molecule has 2 aliphatic heterocycles. The summed E-state index contributed by atoms with van der Waals surface area (Å²) in [6.07, 6.45) is -2.41. The van der Waals surface area contributed by atoms with Crippen LogP contribution in [0.2, 0.25) is 0 Å². The van der Waals surface area contributed by atoms with E-state index in [1.165, 1.54) is 99.5 Å². The zero-order chi connectivity index (χ0) is 34.4. The molecule has 0 spiro atoms. The van der Waals surface area contributed by atoms with Gasteiger partial charge in [0.1, 0.15) is 0 Å². The summed E-state index contributed by atoms with van der Waals surface area (Å²) in [7, 11) is 0. The lowest BCUT2D eigenvalue weighted by atomic mass is 9.93. The van der Waals surface area contributed by atoms with Crippen LogP contribution in [0.4, 0.5) is 17.1 Å². The minimum Gasteiger partial charge on any atom is -0.308 e. The fraction of sp³-hybridized carbons (Fsp3) is 0.286. The van der Waals surface area contributed by atoms with Crippen LogP contribution in [0.3, 0.4) is 0 Å². The number of nitrogens with zero attached hydrogens (tertiary/aromatic N) is 2. The lowest BCUT2D eigenvalue weighted by Gasteiger charge is -2.48. The van der Waals surface area contributed by atoms with E-state index in [1.807, 2.05) is 0 Å². The molecule has 0 amide bonds. The largest absolute Gasteiger partial charge is 0.308 e. The molecule has 246 valence electrons. The van der Waals surface area contributed by atoms with Crippen molar-refractivity contribution in [1.82, 2.24) is 4.67 Å². The molecule has 2 unspecified atom stereocenters. The van der Waals surface area contributed by atoms with Gasteiger partial charge in [0.05, 0.1) is 23.3 Å². The Kier molecular flexibility index (Phi) is 8.34. The zero-order valence-corrected chi connectivity index (χ0v) is 33.4. The summed E-state index contributed by atoms with van der Waals surface area (Å²) in [5.41, 5.74) is 17.9. The van der Waals surface area contributed by atoms with E-state index in [9.17, 15) is 0 Å². The number of hydrogen-bond donors (Lipinski definition) is 0. The second-order valence-electron chi connectivity index (χ2n) is 14.1. The molecule has 2 aliphatic rings. The Morgan fingerprint density at radius 1 is 0.542 bits per heavy atom. The van der Waals surface area contributed by atoms with Gasteiger partial charge in [-0.05, 0) is 142 Å². The van der Waals surface area contributed by atoms with Gasteiger partial charge in [0.25, 0.3) is 0 Å². The molecule has 0 bridgehead atoms. The molecule has 2 atom stereocenters. The standard InChI is InChI=1S/C42H46N2P2S2/c1-11-43(12-2)46(48)37-24-33(41-30(8)19-26(4)20-31(41)9)14-16-35(37)44-34-15-13-32(40-28(6)17-25(3)18-29(40)7)23-36(34)45(10,47)38-21-27(5)22-39(46)42(38)44/h13-24H,11-12H2,1-10H3. The molecule has 0 aromatic heterocycles. The predicted octanol–water partition coefficient (Wildman–Crippen LogP) is 10.0. The fourth-order valence-electron chi connectivity index (χ4n) is 8.67. The molecule has 0 fully saturated rings. The summed E-state index contributed by atoms with van der Waals surface area (Å²) in [6, 6.07) is 26.0. The van der Waals surface area contributed by atoms with Crippen LogP contribution in [0.25, 0.3) is 22.3 Å². The van der Waals surface area contributed by atoms with Crippen LogP contribution in [-0.2, 0) is 23.6 Å². The van der Waals surface area contributed by atoms with Crippen molar-refractivity contribution < 1.29 is 0 Å². The summed E-state index contributed by atoms with van der Waals surface area (Å²) in [6.45, 7) is 24.2. The van der Waals surface area contributed by atoms with E-state index in [-0.39, 0.29) is 0 Å². The highest BCUT2D eigenvalue weighted by Gasteiger charge is 2.45. The van der Waals surface area contributed by atoms with Crippen LogP contribution in [0.1, 0.15) is 52.8 Å². The Morgan fingerprint density at radius 3 is 1.44 bits per heavy atom. The maximum atomic E-state index is 7.11. The summed E-state index contributed by atoms with van der Waals surface area (Å²) in [4.78, 5) is 2.54. The Hall–Kier alpha value is -2.84. The average molecular weight is 705 g/mol. The summed E-state index contributed by atoms with van der Waals surface area (Å²) in [5.74, 6) is 0. The number of hydrogen-bond acceptors (Lipinski definition) is 3. The Balaban J connectivity index is 1.57. The third-order valence-corrected chi connectivity index (χ3v) is 19.5. The first-order chi connectivity index (χ1) is 22.7. The molecule has 2 nitrogen and oxygen atoms in total. The maximum absolute atomic E-state index is 7.11. The molecule has 0 saturated heterocycles. The van der Waals surface area contributed by atoms with Crippen LogP contribution in [0.15, 0.2) is 72.8 Å². The van der Waals surface area contributed by atoms with Crippen molar-refractivity contribution in [3.63, 3.8) is 0 Å². The van der Waals surface area contributed by atoms with Gasteiger partial charge in [0.15, 0.2) is 0 Å². The van der Waals surface area contributed by atoms with E-state index in [1.54, 1.807) is 0 Å². The number of benzene rings is 5. The molecular formula is C42H46N2P2S2. The number of rotatable bonds is 5. The summed E-state index contributed by atoms with van der Waals surface area (Å²) >= 11 is 13.9. The van der Waals surface area contributed by atoms with Gasteiger partial charge >= 0.3 is 0 Å². The van der Waals surface area contributed by atoms with Crippen molar-refractivity contribution in [2.24, 2.45) is 0 Å². The number of anilines is 3. The minimum absolute atomic E-state index is 0.901. The molecule has 0 aliphatic carbocycles. The van der Waals surface area contributed by atoms with Crippen molar-refractivity contribution in [2.45, 2.75) is 62.3 Å². The van der Waals surface area contributed by atoms with E-state index < -0.39 is 12.2 Å². The van der Waals surface area contributed by atoms with Gasteiger partial charge in [-0.3, -0.25) is 4.67 Å². The Bertz CT molecular complexity index is 2230. The topological polar surface area (TPSA) is 6.48 Å². The molecule has 48 heavy (non-hydrogen) atoms. The van der Waals surface area contributed by atoms with Gasteiger partial charge in [0.2, 0.25) is 0 Å². The van der Waals surface area contributed by atoms with Crippen molar-refractivity contribution in [3.05, 3.63) is 112 Å². The molecule has 6 heteroatoms. The van der Waals surface area contributed by atoms with Crippen molar-refractivity contribution in [2.75, 3.05) is 24.7 Å². The van der Waals surface area contributed by atoms with Crippen LogP contribution in [0.5, 0.6) is 0 Å². The van der Waals surface area contributed by atoms with Gasteiger partial charge in [-0.1, -0.05) is 85.0 Å². The molecule has 0 radical (unpaired) electrons. The van der Waals surface area contributed by atoms with Crippen molar-refractivity contribution >= 4 is 74.1 Å². The van der Waals surface area contributed by atoms with Crippen LogP contribution < -0.4 is 26.1 Å². The third-order valence-electron chi connectivity index (χ3n) is 10.5. The SMILES string of the molecule is CCN(CC)P1(=S)c2cc(-c3c(C)cc(C)cc3C)ccc2N2c3ccc(-c4c(C)cc(C)cc4C)cc3P(C)(=S)c3cc(C)cc1c32. The molecule has 2 heterocycles. The molecule has 0 saturated carbocycles. The predicted molar refractivity (Wildman–Crippen MR) is 221 cm³/mol. The van der Waals surface area contributed by atoms with Gasteiger partial charge in [-0.25, -0.2) is 0 Å². The number of aryl methyl sites for hydroxylation is 7. The van der Waals surface area contributed by atoms with Crippen LogP contribution in [0, 0.1) is 48.5 Å². The molecule has 7 rings (SSSR count). The second kappa shape index (κ2) is 11.9. The molecule has 5 aromatic carbocycles. The zero-order valence-electron chi connectivity index (χ0n) is 29.9. The van der Waals surface area contributed by atoms with E-state index in [2.05, 4.69) is 151 Å². The normalized spacial score (nSPS) is 19.3. The minimum atomic E-state index is -2.41. The van der Waals surface area contributed by atoms with Crippen LogP contribution >= 0.6 is 12.2 Å². The first kappa shape index (κ1) is 33.6. The fourth-order valence-corrected chi connectivity index (χ4v) is 16.9. The highest BCUT2D eigenvalue weighted by atomic mass is 32.4. The lowest BCUT2D eigenvalue weighted by Crippen LogP contribution is -2.46. The van der Waals surface area contributed by atoms with Gasteiger partial charge < -0.3 is 4.90 Å². The van der Waals surface area contributed by atoms with E-state index in [0.717, 1.165) is 13.1 Å². The monoisotopic (exact) mass is 704 g/mol.